The molecule has 9 nitrogen and oxygen atoms in total. The number of ether oxygens (including phenoxy) is 2. The number of rotatable bonds is 10. The molecular formula is C25H35N5O4. The van der Waals surface area contributed by atoms with Gasteiger partial charge in [-0.15, -0.1) is 0 Å². The predicted molar refractivity (Wildman–Crippen MR) is 128 cm³/mol. The van der Waals surface area contributed by atoms with Gasteiger partial charge >= 0.3 is 6.09 Å². The lowest BCUT2D eigenvalue weighted by Gasteiger charge is -2.26. The van der Waals surface area contributed by atoms with Gasteiger partial charge in [-0.3, -0.25) is 20.0 Å². The second-order valence-corrected chi connectivity index (χ2v) is 9.50. The van der Waals surface area contributed by atoms with Crippen molar-refractivity contribution < 1.29 is 19.1 Å². The molecule has 0 spiro atoms. The van der Waals surface area contributed by atoms with Crippen molar-refractivity contribution in [3.63, 3.8) is 0 Å². The monoisotopic (exact) mass is 469 g/mol. The molecule has 184 valence electrons. The van der Waals surface area contributed by atoms with Gasteiger partial charge in [-0.25, -0.2) is 9.69 Å². The molecule has 0 bridgehead atoms. The summed E-state index contributed by atoms with van der Waals surface area (Å²) >= 11 is 0. The van der Waals surface area contributed by atoms with Gasteiger partial charge in [0.05, 0.1) is 13.2 Å². The van der Waals surface area contributed by atoms with Crippen LogP contribution in [-0.2, 0) is 14.3 Å². The van der Waals surface area contributed by atoms with Crippen LogP contribution in [0.2, 0.25) is 0 Å². The highest BCUT2D eigenvalue weighted by molar-refractivity contribution is 6.06. The van der Waals surface area contributed by atoms with Crippen LogP contribution in [0.1, 0.15) is 45.1 Å². The number of nitriles is 1. The lowest BCUT2D eigenvalue weighted by molar-refractivity contribution is -0.130. The van der Waals surface area contributed by atoms with E-state index in [-0.39, 0.29) is 23.8 Å². The van der Waals surface area contributed by atoms with Crippen molar-refractivity contribution in [2.45, 2.75) is 45.6 Å². The SMILES string of the molecule is CC(C)(CCN=C(NC(=O)OCCN1CCOCC1)c1ccccc1)CC(=O)N(C#N)C1CC1. The minimum Gasteiger partial charge on any atom is -0.448 e. The number of carbonyl (C=O) groups is 2. The first-order valence-electron chi connectivity index (χ1n) is 11.9. The Morgan fingerprint density at radius 3 is 2.62 bits per heavy atom. The molecule has 2 fully saturated rings. The molecule has 34 heavy (non-hydrogen) atoms. The molecule has 9 heteroatoms. The van der Waals surface area contributed by atoms with E-state index in [0.29, 0.717) is 45.2 Å². The van der Waals surface area contributed by atoms with Gasteiger partial charge in [-0.05, 0) is 24.7 Å². The maximum absolute atomic E-state index is 12.5. The first kappa shape index (κ1) is 25.7. The number of amides is 2. The molecule has 2 amide bonds. The fourth-order valence-corrected chi connectivity index (χ4v) is 3.75. The molecular weight excluding hydrogens is 434 g/mol. The van der Waals surface area contributed by atoms with Crippen molar-refractivity contribution in [2.75, 3.05) is 46.0 Å². The average Bonchev–Trinajstić information content (AvgIpc) is 3.65. The minimum atomic E-state index is -0.542. The summed E-state index contributed by atoms with van der Waals surface area (Å²) in [6.07, 6.45) is 4.20. The van der Waals surface area contributed by atoms with Crippen molar-refractivity contribution in [1.82, 2.24) is 15.1 Å². The van der Waals surface area contributed by atoms with Crippen LogP contribution >= 0.6 is 0 Å². The summed E-state index contributed by atoms with van der Waals surface area (Å²) in [5.74, 6) is 0.306. The highest BCUT2D eigenvalue weighted by Crippen LogP contribution is 2.31. The Bertz CT molecular complexity index is 886. The molecule has 1 saturated heterocycles. The number of amidine groups is 1. The molecule has 0 unspecified atom stereocenters. The molecule has 1 aliphatic heterocycles. The Hall–Kier alpha value is -2.96. The van der Waals surface area contributed by atoms with Crippen molar-refractivity contribution in [1.29, 1.82) is 5.26 Å². The number of alkyl carbamates (subject to hydrolysis) is 1. The Labute approximate surface area is 201 Å². The number of nitrogens with zero attached hydrogens (tertiary/aromatic N) is 4. The molecule has 2 aliphatic rings. The Morgan fingerprint density at radius 1 is 1.26 bits per heavy atom. The number of hydrogen-bond acceptors (Lipinski definition) is 7. The molecule has 0 aromatic heterocycles. The van der Waals surface area contributed by atoms with Crippen LogP contribution in [-0.4, -0.2) is 79.7 Å². The van der Waals surface area contributed by atoms with Crippen LogP contribution in [0.3, 0.4) is 0 Å². The topological polar surface area (TPSA) is 107 Å². The lowest BCUT2D eigenvalue weighted by Crippen LogP contribution is -2.39. The fourth-order valence-electron chi connectivity index (χ4n) is 3.75. The van der Waals surface area contributed by atoms with Crippen molar-refractivity contribution in [3.8, 4) is 6.19 Å². The molecule has 1 aromatic rings. The minimum absolute atomic E-state index is 0.0782. The molecule has 0 atom stereocenters. The quantitative estimate of drug-likeness (QED) is 0.244. The van der Waals surface area contributed by atoms with Crippen LogP contribution in [0.25, 0.3) is 0 Å². The number of morpholine rings is 1. The fraction of sp³-hybridized carbons (Fsp3) is 0.600. The third-order valence-corrected chi connectivity index (χ3v) is 5.99. The summed E-state index contributed by atoms with van der Waals surface area (Å²) < 4.78 is 10.7. The normalized spacial score (nSPS) is 17.0. The second-order valence-electron chi connectivity index (χ2n) is 9.50. The lowest BCUT2D eigenvalue weighted by atomic mass is 9.85. The van der Waals surface area contributed by atoms with Crippen molar-refractivity contribution in [2.24, 2.45) is 10.4 Å². The van der Waals surface area contributed by atoms with Gasteiger partial charge in [0.1, 0.15) is 12.4 Å². The number of hydrogen-bond donors (Lipinski definition) is 1. The van der Waals surface area contributed by atoms with Crippen molar-refractivity contribution >= 4 is 17.8 Å². The van der Waals surface area contributed by atoms with E-state index in [2.05, 4.69) is 15.2 Å². The zero-order valence-electron chi connectivity index (χ0n) is 20.2. The Balaban J connectivity index is 1.52. The molecule has 0 radical (unpaired) electrons. The number of carbonyl (C=O) groups excluding carboxylic acids is 2. The van der Waals surface area contributed by atoms with Gasteiger partial charge < -0.3 is 9.47 Å². The van der Waals surface area contributed by atoms with Crippen molar-refractivity contribution in [3.05, 3.63) is 35.9 Å². The first-order chi connectivity index (χ1) is 16.4. The van der Waals surface area contributed by atoms with E-state index >= 15 is 0 Å². The summed E-state index contributed by atoms with van der Waals surface area (Å²) in [6.45, 7) is 8.46. The van der Waals surface area contributed by atoms with Gasteiger partial charge in [0.15, 0.2) is 6.19 Å². The zero-order valence-corrected chi connectivity index (χ0v) is 20.2. The smallest absolute Gasteiger partial charge is 0.412 e. The van der Waals surface area contributed by atoms with Crippen LogP contribution in [0.5, 0.6) is 0 Å². The van der Waals surface area contributed by atoms with Gasteiger partial charge in [0, 0.05) is 44.2 Å². The third kappa shape index (κ3) is 8.43. The second kappa shape index (κ2) is 12.5. The highest BCUT2D eigenvalue weighted by atomic mass is 16.5. The molecule has 1 aromatic carbocycles. The average molecular weight is 470 g/mol. The van der Waals surface area contributed by atoms with Crippen LogP contribution in [0.4, 0.5) is 4.79 Å². The predicted octanol–water partition coefficient (Wildman–Crippen LogP) is 2.77. The highest BCUT2D eigenvalue weighted by Gasteiger charge is 2.35. The summed E-state index contributed by atoms with van der Waals surface area (Å²) in [4.78, 5) is 33.1. The van der Waals surface area contributed by atoms with E-state index in [0.717, 1.165) is 31.5 Å². The number of aliphatic imine (C=N–C) groups is 1. The van der Waals surface area contributed by atoms with E-state index in [4.69, 9.17) is 9.47 Å². The maximum atomic E-state index is 12.5. The van der Waals surface area contributed by atoms with E-state index in [1.165, 1.54) is 4.90 Å². The van der Waals surface area contributed by atoms with Crippen LogP contribution < -0.4 is 5.32 Å². The Morgan fingerprint density at radius 2 is 1.97 bits per heavy atom. The van der Waals surface area contributed by atoms with Gasteiger partial charge in [-0.1, -0.05) is 44.2 Å². The number of nitrogens with one attached hydrogen (secondary N) is 1. The van der Waals surface area contributed by atoms with Gasteiger partial charge in [0.25, 0.3) is 0 Å². The molecule has 1 saturated carbocycles. The third-order valence-electron chi connectivity index (χ3n) is 5.99. The summed E-state index contributed by atoms with van der Waals surface area (Å²) in [5, 5.41) is 12.0. The summed E-state index contributed by atoms with van der Waals surface area (Å²) in [6, 6.07) is 9.50. The largest absolute Gasteiger partial charge is 0.448 e. The van der Waals surface area contributed by atoms with E-state index in [9.17, 15) is 14.9 Å². The Kier molecular flexibility index (Phi) is 9.42. The summed E-state index contributed by atoms with van der Waals surface area (Å²) in [7, 11) is 0. The van der Waals surface area contributed by atoms with Crippen LogP contribution in [0.15, 0.2) is 35.3 Å². The molecule has 1 N–H and O–H groups in total. The first-order valence-corrected chi connectivity index (χ1v) is 11.9. The van der Waals surface area contributed by atoms with Gasteiger partial charge in [-0.2, -0.15) is 5.26 Å². The van der Waals surface area contributed by atoms with E-state index < -0.39 is 6.09 Å². The van der Waals surface area contributed by atoms with Crippen LogP contribution in [0, 0.1) is 16.9 Å². The molecule has 1 aliphatic carbocycles. The number of benzene rings is 1. The zero-order chi connectivity index (χ0) is 24.4. The maximum Gasteiger partial charge on any atom is 0.412 e. The van der Waals surface area contributed by atoms with E-state index in [1.54, 1.807) is 0 Å². The summed E-state index contributed by atoms with van der Waals surface area (Å²) in [5.41, 5.74) is 0.455. The van der Waals surface area contributed by atoms with Gasteiger partial charge in [0.2, 0.25) is 5.91 Å². The molecule has 1 heterocycles. The van der Waals surface area contributed by atoms with E-state index in [1.807, 2.05) is 50.4 Å². The standard InChI is InChI=1S/C25H35N5O4/c1-25(2,18-22(31)30(19-26)21-8-9-21)10-11-27-23(20-6-4-3-5-7-20)28-24(32)34-17-14-29-12-15-33-16-13-29/h3-7,21H,8-18H2,1-2H3,(H,27,28,32). The molecule has 3 rings (SSSR count).